The minimum Gasteiger partial charge on any atom is -0.481 e. The van der Waals surface area contributed by atoms with E-state index < -0.39 is 5.97 Å². The summed E-state index contributed by atoms with van der Waals surface area (Å²) in [5.74, 6) is -0.753. The zero-order valence-electron chi connectivity index (χ0n) is 18.1. The normalized spacial score (nSPS) is 17.1. The van der Waals surface area contributed by atoms with Crippen LogP contribution in [0.4, 0.5) is 11.4 Å². The molecule has 28 heavy (non-hydrogen) atoms. The van der Waals surface area contributed by atoms with Crippen LogP contribution in [0.15, 0.2) is 36.4 Å². The molecule has 150 valence electrons. The Balaban J connectivity index is 1.94. The van der Waals surface area contributed by atoms with Gasteiger partial charge in [0.15, 0.2) is 0 Å². The number of carbonyl (C=O) groups is 1. The topological polar surface area (TPSA) is 40.5 Å². The third-order valence-corrected chi connectivity index (χ3v) is 6.48. The lowest BCUT2D eigenvalue weighted by molar-refractivity contribution is -0.136. The molecule has 0 saturated heterocycles. The highest BCUT2D eigenvalue weighted by Gasteiger charge is 2.37. The molecular formula is C25H33NO2. The molecule has 0 saturated carbocycles. The summed E-state index contributed by atoms with van der Waals surface area (Å²) in [5, 5.41) is 8.86. The molecule has 3 rings (SSSR count). The summed E-state index contributed by atoms with van der Waals surface area (Å²) in [6, 6.07) is 13.0. The van der Waals surface area contributed by atoms with Crippen LogP contribution >= 0.6 is 0 Å². The van der Waals surface area contributed by atoms with Gasteiger partial charge in [0, 0.05) is 24.8 Å². The van der Waals surface area contributed by atoms with Gasteiger partial charge in [0.1, 0.15) is 0 Å². The van der Waals surface area contributed by atoms with Crippen molar-refractivity contribution in [1.29, 1.82) is 0 Å². The Morgan fingerprint density at radius 2 is 1.54 bits per heavy atom. The lowest BCUT2D eigenvalue weighted by Gasteiger charge is -2.43. The molecule has 3 heteroatoms. The molecule has 1 aliphatic rings. The number of hydrogen-bond donors (Lipinski definition) is 1. The van der Waals surface area contributed by atoms with Gasteiger partial charge in [0.25, 0.3) is 0 Å². The van der Waals surface area contributed by atoms with Crippen molar-refractivity contribution in [3.8, 4) is 0 Å². The van der Waals surface area contributed by atoms with Crippen molar-refractivity contribution in [3.05, 3.63) is 58.7 Å². The molecule has 0 fully saturated rings. The molecular weight excluding hydrogens is 346 g/mol. The minimum absolute atomic E-state index is 0.171. The van der Waals surface area contributed by atoms with E-state index in [0.717, 1.165) is 11.3 Å². The van der Waals surface area contributed by atoms with Gasteiger partial charge < -0.3 is 10.0 Å². The number of nitrogens with zero attached hydrogens (tertiary/aromatic N) is 1. The molecule has 0 amide bonds. The van der Waals surface area contributed by atoms with Crippen LogP contribution in [-0.4, -0.2) is 18.1 Å². The van der Waals surface area contributed by atoms with E-state index in [-0.39, 0.29) is 17.3 Å². The van der Waals surface area contributed by atoms with E-state index in [0.29, 0.717) is 6.42 Å². The highest BCUT2D eigenvalue weighted by atomic mass is 16.4. The summed E-state index contributed by atoms with van der Waals surface area (Å²) in [6.45, 7) is 11.6. The Morgan fingerprint density at radius 3 is 2.07 bits per heavy atom. The zero-order chi connectivity index (χ0) is 20.7. The van der Waals surface area contributed by atoms with Crippen molar-refractivity contribution in [1.82, 2.24) is 0 Å². The fourth-order valence-corrected chi connectivity index (χ4v) is 4.35. The van der Waals surface area contributed by atoms with Crippen LogP contribution in [0.2, 0.25) is 0 Å². The highest BCUT2D eigenvalue weighted by molar-refractivity contribution is 5.69. The Hall–Kier alpha value is -2.29. The predicted octanol–water partition coefficient (Wildman–Crippen LogP) is 6.13. The maximum absolute atomic E-state index is 10.8. The number of rotatable bonds is 5. The molecule has 1 aliphatic carbocycles. The second kappa shape index (κ2) is 7.27. The van der Waals surface area contributed by atoms with Crippen molar-refractivity contribution in [2.75, 3.05) is 11.9 Å². The molecule has 2 aromatic carbocycles. The van der Waals surface area contributed by atoms with E-state index in [2.05, 4.69) is 70.8 Å². The second-order valence-electron chi connectivity index (χ2n) is 9.57. The molecule has 0 unspecified atom stereocenters. The van der Waals surface area contributed by atoms with Crippen LogP contribution in [0.5, 0.6) is 0 Å². The molecule has 3 nitrogen and oxygen atoms in total. The summed E-state index contributed by atoms with van der Waals surface area (Å²) in [4.78, 5) is 13.0. The van der Waals surface area contributed by atoms with E-state index in [1.807, 2.05) is 12.1 Å². The maximum Gasteiger partial charge on any atom is 0.303 e. The number of fused-ring (bicyclic) bond motifs is 1. The Bertz CT molecular complexity index is 878. The summed E-state index contributed by atoms with van der Waals surface area (Å²) >= 11 is 0. The maximum atomic E-state index is 10.8. The molecule has 0 radical (unpaired) electrons. The first-order valence-electron chi connectivity index (χ1n) is 10.2. The molecule has 0 bridgehead atoms. The molecule has 0 aliphatic heterocycles. The van der Waals surface area contributed by atoms with E-state index in [4.69, 9.17) is 5.11 Å². The number of hydrogen-bond acceptors (Lipinski definition) is 2. The largest absolute Gasteiger partial charge is 0.481 e. The van der Waals surface area contributed by atoms with Gasteiger partial charge in [-0.2, -0.15) is 0 Å². The van der Waals surface area contributed by atoms with Crippen LogP contribution in [0.3, 0.4) is 0 Å². The van der Waals surface area contributed by atoms with Crippen molar-refractivity contribution in [2.45, 2.75) is 71.1 Å². The number of carboxylic acids is 1. The predicted molar refractivity (Wildman–Crippen MR) is 117 cm³/mol. The number of anilines is 2. The fourth-order valence-electron chi connectivity index (χ4n) is 4.35. The number of aliphatic carboxylic acids is 1. The molecule has 2 aromatic rings. The quantitative estimate of drug-likeness (QED) is 0.679. The summed E-state index contributed by atoms with van der Waals surface area (Å²) in [6.07, 6.45) is 3.17. The second-order valence-corrected chi connectivity index (χ2v) is 9.57. The van der Waals surface area contributed by atoms with E-state index in [1.165, 1.54) is 35.2 Å². The first kappa shape index (κ1) is 20.4. The van der Waals surface area contributed by atoms with Gasteiger partial charge in [-0.1, -0.05) is 45.9 Å². The van der Waals surface area contributed by atoms with Crippen molar-refractivity contribution < 1.29 is 9.90 Å². The van der Waals surface area contributed by atoms with Gasteiger partial charge in [-0.05, 0) is 77.5 Å². The summed E-state index contributed by atoms with van der Waals surface area (Å²) in [5.41, 5.74) is 8.08. The van der Waals surface area contributed by atoms with Gasteiger partial charge >= 0.3 is 5.97 Å². The van der Waals surface area contributed by atoms with Crippen LogP contribution in [0.25, 0.3) is 0 Å². The average molecular weight is 380 g/mol. The van der Waals surface area contributed by atoms with Gasteiger partial charge in [-0.15, -0.1) is 0 Å². The number of benzene rings is 2. The van der Waals surface area contributed by atoms with Gasteiger partial charge in [-0.25, -0.2) is 0 Å². The monoisotopic (exact) mass is 379 g/mol. The average Bonchev–Trinajstić information content (AvgIpc) is 2.63. The fraction of sp³-hybridized carbons (Fsp3) is 0.480. The Morgan fingerprint density at radius 1 is 1.00 bits per heavy atom. The first-order valence-corrected chi connectivity index (χ1v) is 10.2. The molecule has 0 aromatic heterocycles. The molecule has 1 N–H and O–H groups in total. The van der Waals surface area contributed by atoms with Gasteiger partial charge in [-0.3, -0.25) is 4.79 Å². The van der Waals surface area contributed by atoms with E-state index in [9.17, 15) is 4.79 Å². The van der Waals surface area contributed by atoms with E-state index in [1.54, 1.807) is 0 Å². The Labute approximate surface area is 169 Å². The SMILES string of the molecule is Cc1cc2c(cc1N(C)c1ccc(CCC(=O)O)cc1)C(C)(C)CCC2(C)C. The standard InChI is InChI=1S/C25H33NO2/c1-17-15-20-21(25(4,5)14-13-24(20,2)3)16-22(17)26(6)19-10-7-18(8-11-19)9-12-23(27)28/h7-8,10-11,15-16H,9,12-14H2,1-6H3,(H,27,28). The zero-order valence-corrected chi connectivity index (χ0v) is 18.1. The number of carboxylic acid groups (broad SMARTS) is 1. The van der Waals surface area contributed by atoms with Crippen LogP contribution in [0, 0.1) is 6.92 Å². The van der Waals surface area contributed by atoms with Crippen molar-refractivity contribution in [3.63, 3.8) is 0 Å². The summed E-state index contributed by atoms with van der Waals surface area (Å²) < 4.78 is 0. The van der Waals surface area contributed by atoms with Gasteiger partial charge in [0.2, 0.25) is 0 Å². The smallest absolute Gasteiger partial charge is 0.303 e. The number of aryl methyl sites for hydroxylation is 2. The molecule has 0 heterocycles. The lowest BCUT2D eigenvalue weighted by atomic mass is 9.63. The third kappa shape index (κ3) is 3.94. The Kier molecular flexibility index (Phi) is 5.31. The molecule has 0 atom stereocenters. The van der Waals surface area contributed by atoms with Crippen molar-refractivity contribution >= 4 is 17.3 Å². The van der Waals surface area contributed by atoms with Crippen LogP contribution in [0.1, 0.15) is 69.2 Å². The lowest BCUT2D eigenvalue weighted by Crippen LogP contribution is -2.34. The third-order valence-electron chi connectivity index (χ3n) is 6.48. The van der Waals surface area contributed by atoms with Crippen molar-refractivity contribution in [2.24, 2.45) is 0 Å². The molecule has 0 spiro atoms. The highest BCUT2D eigenvalue weighted by Crippen LogP contribution is 2.48. The van der Waals surface area contributed by atoms with Gasteiger partial charge in [0.05, 0.1) is 0 Å². The van der Waals surface area contributed by atoms with E-state index >= 15 is 0 Å². The first-order chi connectivity index (χ1) is 13.0. The van der Waals surface area contributed by atoms with Crippen LogP contribution < -0.4 is 4.90 Å². The summed E-state index contributed by atoms with van der Waals surface area (Å²) in [7, 11) is 2.11. The van der Waals surface area contributed by atoms with Crippen LogP contribution in [-0.2, 0) is 22.0 Å². The minimum atomic E-state index is -0.753.